The second-order valence-corrected chi connectivity index (χ2v) is 7.84. The molecular weight excluding hydrogens is 423 g/mol. The summed E-state index contributed by atoms with van der Waals surface area (Å²) in [5.41, 5.74) is 4.69. The number of pyridine rings is 1. The number of rotatable bonds is 10. The van der Waals surface area contributed by atoms with Crippen molar-refractivity contribution in [1.29, 1.82) is 0 Å². The zero-order valence-electron chi connectivity index (χ0n) is 18.0. The van der Waals surface area contributed by atoms with E-state index in [1.807, 2.05) is 25.1 Å². The molecular formula is C23H34Cl2N2O3. The maximum atomic E-state index is 10.4. The Morgan fingerprint density at radius 1 is 1.20 bits per heavy atom. The maximum absolute atomic E-state index is 10.4. The molecule has 0 radical (unpaired) electrons. The molecule has 1 aromatic heterocycles. The minimum Gasteiger partial charge on any atom is -0.491 e. The largest absolute Gasteiger partial charge is 0.491 e. The van der Waals surface area contributed by atoms with Gasteiger partial charge in [0, 0.05) is 12.0 Å². The van der Waals surface area contributed by atoms with E-state index in [0.29, 0.717) is 24.9 Å². The van der Waals surface area contributed by atoms with Gasteiger partial charge < -0.3 is 19.9 Å². The summed E-state index contributed by atoms with van der Waals surface area (Å²) in [6.07, 6.45) is 1.81. The molecule has 2 N–H and O–H groups in total. The van der Waals surface area contributed by atoms with Crippen molar-refractivity contribution in [3.05, 3.63) is 58.4 Å². The molecule has 0 amide bonds. The lowest BCUT2D eigenvalue weighted by Crippen LogP contribution is -2.21. The highest BCUT2D eigenvalue weighted by Gasteiger charge is 2.30. The predicted octanol–water partition coefficient (Wildman–Crippen LogP) is 4.75. The summed E-state index contributed by atoms with van der Waals surface area (Å²) in [4.78, 5) is 4.79. The highest BCUT2D eigenvalue weighted by atomic mass is 35.5. The summed E-state index contributed by atoms with van der Waals surface area (Å²) >= 11 is 0. The molecule has 1 aromatic carbocycles. The summed E-state index contributed by atoms with van der Waals surface area (Å²) in [6.45, 7) is 9.40. The van der Waals surface area contributed by atoms with E-state index in [1.54, 1.807) is 0 Å². The molecule has 2 heterocycles. The molecule has 0 aliphatic carbocycles. The minimum absolute atomic E-state index is 0. The van der Waals surface area contributed by atoms with Crippen molar-refractivity contribution in [3.8, 4) is 5.75 Å². The van der Waals surface area contributed by atoms with Gasteiger partial charge in [0.15, 0.2) is 6.29 Å². The third kappa shape index (κ3) is 7.10. The second-order valence-electron chi connectivity index (χ2n) is 7.84. The van der Waals surface area contributed by atoms with E-state index in [0.717, 1.165) is 54.9 Å². The Balaban J connectivity index is 0.00000225. The number of halogens is 2. The molecule has 0 spiro atoms. The fraction of sp³-hybridized carbons (Fsp3) is 0.522. The molecule has 30 heavy (non-hydrogen) atoms. The van der Waals surface area contributed by atoms with Crippen molar-refractivity contribution in [3.63, 3.8) is 0 Å². The first-order chi connectivity index (χ1) is 13.6. The number of aryl methyl sites for hydroxylation is 1. The van der Waals surface area contributed by atoms with Gasteiger partial charge >= 0.3 is 0 Å². The summed E-state index contributed by atoms with van der Waals surface area (Å²) in [7, 11) is 0. The Morgan fingerprint density at radius 2 is 1.93 bits per heavy atom. The molecule has 7 heteroatoms. The lowest BCUT2D eigenvalue weighted by molar-refractivity contribution is -0.0928. The average molecular weight is 457 g/mol. The number of aliphatic hydroxyl groups is 1. The summed E-state index contributed by atoms with van der Waals surface area (Å²) in [5, 5.41) is 13.8. The van der Waals surface area contributed by atoms with Crippen LogP contribution in [0.5, 0.6) is 5.75 Å². The van der Waals surface area contributed by atoms with Crippen molar-refractivity contribution in [2.75, 3.05) is 19.7 Å². The van der Waals surface area contributed by atoms with Crippen LogP contribution in [0.1, 0.15) is 61.1 Å². The van der Waals surface area contributed by atoms with E-state index >= 15 is 0 Å². The van der Waals surface area contributed by atoms with Gasteiger partial charge in [0.1, 0.15) is 5.75 Å². The van der Waals surface area contributed by atoms with E-state index in [-0.39, 0.29) is 24.8 Å². The van der Waals surface area contributed by atoms with Crippen molar-refractivity contribution in [2.24, 2.45) is 5.92 Å². The molecule has 5 nitrogen and oxygen atoms in total. The van der Waals surface area contributed by atoms with Crippen LogP contribution < -0.4 is 10.1 Å². The first-order valence-electron chi connectivity index (χ1n) is 10.3. The Kier molecular flexibility index (Phi) is 11.7. The Hall–Kier alpha value is -1.37. The van der Waals surface area contributed by atoms with Gasteiger partial charge in [-0.05, 0) is 44.3 Å². The fourth-order valence-corrected chi connectivity index (χ4v) is 3.51. The molecule has 0 fully saturated rings. The number of benzene rings is 1. The van der Waals surface area contributed by atoms with Crippen molar-refractivity contribution in [1.82, 2.24) is 10.3 Å². The molecule has 0 saturated carbocycles. The van der Waals surface area contributed by atoms with Crippen LogP contribution in [0, 0.1) is 12.8 Å². The van der Waals surface area contributed by atoms with Gasteiger partial charge in [0.2, 0.25) is 0 Å². The maximum Gasteiger partial charge on any atom is 0.185 e. The summed E-state index contributed by atoms with van der Waals surface area (Å²) in [6, 6.07) is 10.2. The molecule has 1 aliphatic rings. The lowest BCUT2D eigenvalue weighted by Gasteiger charge is -2.17. The molecule has 0 bridgehead atoms. The van der Waals surface area contributed by atoms with E-state index in [2.05, 4.69) is 31.3 Å². The topological polar surface area (TPSA) is 63.6 Å². The van der Waals surface area contributed by atoms with Crippen molar-refractivity contribution >= 4 is 24.8 Å². The number of nitrogens with one attached hydrogen (secondary N) is 1. The van der Waals surface area contributed by atoms with Gasteiger partial charge in [0.05, 0.1) is 30.2 Å². The van der Waals surface area contributed by atoms with Crippen LogP contribution in [-0.4, -0.2) is 29.8 Å². The first-order valence-corrected chi connectivity index (χ1v) is 10.3. The SMILES string of the molecule is Cc1nc(Cc2ccccc2)c2c(c1OCCCCNCC(C)C)C(O)OC2.Cl.Cl. The molecule has 2 aromatic rings. The quantitative estimate of drug-likeness (QED) is 0.504. The monoisotopic (exact) mass is 456 g/mol. The number of hydrogen-bond acceptors (Lipinski definition) is 5. The zero-order chi connectivity index (χ0) is 19.9. The molecule has 168 valence electrons. The van der Waals surface area contributed by atoms with Crippen LogP contribution >= 0.6 is 24.8 Å². The molecule has 3 rings (SSSR count). The van der Waals surface area contributed by atoms with E-state index < -0.39 is 6.29 Å². The van der Waals surface area contributed by atoms with Crippen molar-refractivity contribution in [2.45, 2.75) is 52.9 Å². The smallest absolute Gasteiger partial charge is 0.185 e. The highest BCUT2D eigenvalue weighted by Crippen LogP contribution is 2.39. The lowest BCUT2D eigenvalue weighted by atomic mass is 10.0. The van der Waals surface area contributed by atoms with Crippen LogP contribution in [0.4, 0.5) is 0 Å². The molecule has 0 saturated heterocycles. The number of unbranched alkanes of at least 4 members (excludes halogenated alkanes) is 1. The number of aromatic nitrogens is 1. The number of ether oxygens (including phenoxy) is 2. The highest BCUT2D eigenvalue weighted by molar-refractivity contribution is 5.85. The second kappa shape index (κ2) is 13.1. The van der Waals surface area contributed by atoms with Crippen LogP contribution in [-0.2, 0) is 17.8 Å². The molecule has 1 atom stereocenters. The molecule has 1 aliphatic heterocycles. The van der Waals surface area contributed by atoms with E-state index in [4.69, 9.17) is 14.5 Å². The van der Waals surface area contributed by atoms with Gasteiger partial charge in [-0.25, -0.2) is 0 Å². The van der Waals surface area contributed by atoms with Crippen molar-refractivity contribution < 1.29 is 14.6 Å². The Labute approximate surface area is 192 Å². The van der Waals surface area contributed by atoms with Gasteiger partial charge in [-0.1, -0.05) is 44.2 Å². The number of nitrogens with zero attached hydrogens (tertiary/aromatic N) is 1. The van der Waals surface area contributed by atoms with Gasteiger partial charge in [-0.3, -0.25) is 4.98 Å². The van der Waals surface area contributed by atoms with Crippen LogP contribution in [0.3, 0.4) is 0 Å². The Morgan fingerprint density at radius 3 is 2.63 bits per heavy atom. The normalized spacial score (nSPS) is 14.8. The van der Waals surface area contributed by atoms with Gasteiger partial charge in [-0.2, -0.15) is 0 Å². The minimum atomic E-state index is -0.936. The molecule has 1 unspecified atom stereocenters. The summed E-state index contributed by atoms with van der Waals surface area (Å²) in [5.74, 6) is 1.36. The average Bonchev–Trinajstić information content (AvgIpc) is 3.05. The third-order valence-electron chi connectivity index (χ3n) is 4.94. The first kappa shape index (κ1) is 26.7. The Bertz CT molecular complexity index is 773. The number of hydrogen-bond donors (Lipinski definition) is 2. The predicted molar refractivity (Wildman–Crippen MR) is 125 cm³/mol. The number of fused-ring (bicyclic) bond motifs is 1. The van der Waals surface area contributed by atoms with E-state index in [9.17, 15) is 5.11 Å². The van der Waals surface area contributed by atoms with Crippen LogP contribution in [0.2, 0.25) is 0 Å². The fourth-order valence-electron chi connectivity index (χ4n) is 3.51. The third-order valence-corrected chi connectivity index (χ3v) is 4.94. The number of aliphatic hydroxyl groups excluding tert-OH is 1. The van der Waals surface area contributed by atoms with E-state index in [1.165, 1.54) is 5.56 Å². The van der Waals surface area contributed by atoms with Gasteiger partial charge in [-0.15, -0.1) is 24.8 Å². The zero-order valence-corrected chi connectivity index (χ0v) is 19.7. The van der Waals surface area contributed by atoms with Gasteiger partial charge in [0.25, 0.3) is 0 Å². The standard InChI is InChI=1S/C23H32N2O3.2ClH/c1-16(2)14-24-11-7-8-12-27-22-17(3)25-20(13-18-9-5-4-6-10-18)19-15-28-23(26)21(19)22;;/h4-6,9-10,16,23-24,26H,7-8,11-15H2,1-3H3;2*1H. The summed E-state index contributed by atoms with van der Waals surface area (Å²) < 4.78 is 11.6. The van der Waals surface area contributed by atoms with Crippen LogP contribution in [0.15, 0.2) is 30.3 Å². The van der Waals surface area contributed by atoms with Crippen LogP contribution in [0.25, 0.3) is 0 Å².